The van der Waals surface area contributed by atoms with E-state index in [0.717, 1.165) is 12.8 Å². The van der Waals surface area contributed by atoms with E-state index in [0.29, 0.717) is 13.2 Å². The number of aliphatic hydroxyl groups is 3. The van der Waals surface area contributed by atoms with Gasteiger partial charge < -0.3 is 34.8 Å². The molecule has 1 rings (SSSR count). The minimum absolute atomic E-state index is 0.214. The van der Waals surface area contributed by atoms with Crippen LogP contribution in [0.25, 0.3) is 0 Å². The molecule has 1 heterocycles. The van der Waals surface area contributed by atoms with E-state index >= 15 is 0 Å². The summed E-state index contributed by atoms with van der Waals surface area (Å²) in [5.41, 5.74) is 0. The molecule has 5 atom stereocenters. The highest BCUT2D eigenvalue weighted by Gasteiger charge is 2.45. The van der Waals surface area contributed by atoms with Crippen LogP contribution in [0.1, 0.15) is 26.7 Å². The van der Waals surface area contributed by atoms with Crippen molar-refractivity contribution in [3.8, 4) is 0 Å². The maximum Gasteiger partial charge on any atom is 0.217 e. The summed E-state index contributed by atoms with van der Waals surface area (Å²) in [6.07, 6.45) is -2.52. The molecular formula is C14H27NO7. The number of carbonyl (C=O) groups is 1. The summed E-state index contributed by atoms with van der Waals surface area (Å²) in [5.74, 6) is -0.380. The van der Waals surface area contributed by atoms with E-state index in [4.69, 9.17) is 14.2 Å². The zero-order chi connectivity index (χ0) is 16.5. The standard InChI is InChI=1S/C14H27NO7/c1-3-4-5-20-6-7-21-14-11(15-9(2)17)13(19)12(18)10(8-16)22-14/h10-14,16,18-19H,3-8H2,1-2H3,(H,15,17)/t10-,11-,12-,13-,14?/m1/s1. The van der Waals surface area contributed by atoms with Crippen LogP contribution in [0.3, 0.4) is 0 Å². The zero-order valence-corrected chi connectivity index (χ0v) is 13.1. The van der Waals surface area contributed by atoms with Crippen LogP contribution in [-0.2, 0) is 19.0 Å². The summed E-state index contributed by atoms with van der Waals surface area (Å²) in [5, 5.41) is 31.6. The van der Waals surface area contributed by atoms with Crippen molar-refractivity contribution in [1.29, 1.82) is 0 Å². The lowest BCUT2D eigenvalue weighted by Gasteiger charge is -2.42. The summed E-state index contributed by atoms with van der Waals surface area (Å²) in [7, 11) is 0. The van der Waals surface area contributed by atoms with Crippen molar-refractivity contribution in [2.24, 2.45) is 0 Å². The zero-order valence-electron chi connectivity index (χ0n) is 13.1. The number of aliphatic hydroxyl groups excluding tert-OH is 3. The van der Waals surface area contributed by atoms with E-state index in [1.807, 2.05) is 0 Å². The highest BCUT2D eigenvalue weighted by Crippen LogP contribution is 2.22. The number of nitrogens with one attached hydrogen (secondary N) is 1. The van der Waals surface area contributed by atoms with Gasteiger partial charge in [-0.05, 0) is 6.42 Å². The SMILES string of the molecule is CCCCOCCOC1O[C@H](CO)[C@@H](O)[C@H](O)[C@H]1NC(C)=O. The third-order valence-electron chi connectivity index (χ3n) is 3.40. The summed E-state index contributed by atoms with van der Waals surface area (Å²) in [6.45, 7) is 4.11. The van der Waals surface area contributed by atoms with Crippen LogP contribution >= 0.6 is 0 Å². The van der Waals surface area contributed by atoms with Gasteiger partial charge in [-0.15, -0.1) is 0 Å². The Balaban J connectivity index is 2.52. The van der Waals surface area contributed by atoms with Crippen LogP contribution in [0, 0.1) is 0 Å². The number of amides is 1. The number of unbranched alkanes of at least 4 members (excludes halogenated alkanes) is 1. The minimum Gasteiger partial charge on any atom is -0.394 e. The van der Waals surface area contributed by atoms with Crippen molar-refractivity contribution in [3.05, 3.63) is 0 Å². The van der Waals surface area contributed by atoms with Gasteiger partial charge in [0.15, 0.2) is 6.29 Å². The van der Waals surface area contributed by atoms with Crippen molar-refractivity contribution in [1.82, 2.24) is 5.32 Å². The van der Waals surface area contributed by atoms with E-state index < -0.39 is 37.3 Å². The maximum absolute atomic E-state index is 11.2. The molecule has 22 heavy (non-hydrogen) atoms. The first-order chi connectivity index (χ1) is 10.5. The largest absolute Gasteiger partial charge is 0.394 e. The van der Waals surface area contributed by atoms with Gasteiger partial charge in [0.1, 0.15) is 24.4 Å². The summed E-state index contributed by atoms with van der Waals surface area (Å²) < 4.78 is 16.2. The van der Waals surface area contributed by atoms with Gasteiger partial charge in [-0.25, -0.2) is 0 Å². The highest BCUT2D eigenvalue weighted by atomic mass is 16.7. The quantitative estimate of drug-likeness (QED) is 0.393. The molecule has 0 radical (unpaired) electrons. The van der Waals surface area contributed by atoms with Crippen LogP contribution < -0.4 is 5.32 Å². The molecule has 8 heteroatoms. The van der Waals surface area contributed by atoms with Crippen LogP contribution in [0.5, 0.6) is 0 Å². The molecule has 1 aliphatic heterocycles. The van der Waals surface area contributed by atoms with Gasteiger partial charge in [0.25, 0.3) is 0 Å². The average molecular weight is 321 g/mol. The molecule has 1 unspecified atom stereocenters. The topological polar surface area (TPSA) is 117 Å². The number of carbonyl (C=O) groups excluding carboxylic acids is 1. The van der Waals surface area contributed by atoms with E-state index in [9.17, 15) is 20.1 Å². The van der Waals surface area contributed by atoms with Gasteiger partial charge in [-0.3, -0.25) is 4.79 Å². The Morgan fingerprint density at radius 3 is 2.55 bits per heavy atom. The monoisotopic (exact) mass is 321 g/mol. The maximum atomic E-state index is 11.2. The molecule has 1 fully saturated rings. The Morgan fingerprint density at radius 1 is 1.23 bits per heavy atom. The lowest BCUT2D eigenvalue weighted by atomic mass is 9.97. The lowest BCUT2D eigenvalue weighted by Crippen LogP contribution is -2.64. The summed E-state index contributed by atoms with van der Waals surface area (Å²) >= 11 is 0. The van der Waals surface area contributed by atoms with Crippen LogP contribution in [0.15, 0.2) is 0 Å². The molecule has 0 aromatic heterocycles. The van der Waals surface area contributed by atoms with Crippen LogP contribution in [-0.4, -0.2) is 78.3 Å². The molecule has 0 aromatic carbocycles. The highest BCUT2D eigenvalue weighted by molar-refractivity contribution is 5.73. The number of ether oxygens (including phenoxy) is 3. The second-order valence-corrected chi connectivity index (χ2v) is 5.27. The second kappa shape index (κ2) is 10.1. The smallest absolute Gasteiger partial charge is 0.217 e. The van der Waals surface area contributed by atoms with Crippen molar-refractivity contribution in [2.75, 3.05) is 26.4 Å². The minimum atomic E-state index is -1.30. The lowest BCUT2D eigenvalue weighted by molar-refractivity contribution is -0.272. The fourth-order valence-corrected chi connectivity index (χ4v) is 2.18. The van der Waals surface area contributed by atoms with Gasteiger partial charge in [0.2, 0.25) is 5.91 Å². The van der Waals surface area contributed by atoms with Crippen molar-refractivity contribution in [2.45, 2.75) is 57.3 Å². The summed E-state index contributed by atoms with van der Waals surface area (Å²) in [4.78, 5) is 11.2. The molecule has 0 spiro atoms. The van der Waals surface area contributed by atoms with Gasteiger partial charge in [0.05, 0.1) is 19.8 Å². The third kappa shape index (κ3) is 5.79. The van der Waals surface area contributed by atoms with Crippen molar-refractivity contribution < 1.29 is 34.3 Å². The Hall–Kier alpha value is -0.770. The van der Waals surface area contributed by atoms with Crippen LogP contribution in [0.2, 0.25) is 0 Å². The molecule has 1 saturated heterocycles. The number of hydrogen-bond acceptors (Lipinski definition) is 7. The Kier molecular flexibility index (Phi) is 8.84. The fraction of sp³-hybridized carbons (Fsp3) is 0.929. The molecule has 4 N–H and O–H groups in total. The molecular weight excluding hydrogens is 294 g/mol. The van der Waals surface area contributed by atoms with Gasteiger partial charge in [0, 0.05) is 13.5 Å². The van der Waals surface area contributed by atoms with E-state index in [-0.39, 0.29) is 12.5 Å². The van der Waals surface area contributed by atoms with Crippen LogP contribution in [0.4, 0.5) is 0 Å². The van der Waals surface area contributed by atoms with E-state index in [1.54, 1.807) is 0 Å². The molecule has 1 amide bonds. The van der Waals surface area contributed by atoms with Gasteiger partial charge >= 0.3 is 0 Å². The molecule has 130 valence electrons. The van der Waals surface area contributed by atoms with Gasteiger partial charge in [-0.2, -0.15) is 0 Å². The molecule has 0 aliphatic carbocycles. The predicted molar refractivity (Wildman–Crippen MR) is 77.0 cm³/mol. The molecule has 0 saturated carbocycles. The first-order valence-electron chi connectivity index (χ1n) is 7.60. The average Bonchev–Trinajstić information content (AvgIpc) is 2.49. The first kappa shape index (κ1) is 19.3. The molecule has 0 aromatic rings. The molecule has 0 bridgehead atoms. The third-order valence-corrected chi connectivity index (χ3v) is 3.40. The van der Waals surface area contributed by atoms with E-state index in [2.05, 4.69) is 12.2 Å². The number of rotatable bonds is 9. The molecule has 8 nitrogen and oxygen atoms in total. The predicted octanol–water partition coefficient (Wildman–Crippen LogP) is -1.24. The normalized spacial score (nSPS) is 32.0. The second-order valence-electron chi connectivity index (χ2n) is 5.27. The van der Waals surface area contributed by atoms with Crippen molar-refractivity contribution in [3.63, 3.8) is 0 Å². The Bertz CT molecular complexity index is 328. The fourth-order valence-electron chi connectivity index (χ4n) is 2.18. The van der Waals surface area contributed by atoms with Crippen molar-refractivity contribution >= 4 is 5.91 Å². The molecule has 1 aliphatic rings. The number of hydrogen-bond donors (Lipinski definition) is 4. The Labute approximate surface area is 130 Å². The first-order valence-corrected chi connectivity index (χ1v) is 7.60. The van der Waals surface area contributed by atoms with Gasteiger partial charge in [-0.1, -0.05) is 13.3 Å². The van der Waals surface area contributed by atoms with E-state index in [1.165, 1.54) is 6.92 Å². The summed E-state index contributed by atoms with van der Waals surface area (Å²) in [6, 6.07) is -0.911. The Morgan fingerprint density at radius 2 is 1.95 bits per heavy atom.